The summed E-state index contributed by atoms with van der Waals surface area (Å²) in [5.74, 6) is 0.947. The van der Waals surface area contributed by atoms with Crippen molar-refractivity contribution >= 4 is 39.0 Å². The fourth-order valence-electron chi connectivity index (χ4n) is 4.38. The molecule has 0 unspecified atom stereocenters. The molecule has 0 spiro atoms. The Kier molecular flexibility index (Phi) is 5.42. The molecule has 0 atom stereocenters. The van der Waals surface area contributed by atoms with Gasteiger partial charge >= 0.3 is 0 Å². The molecule has 1 N–H and O–H groups in total. The summed E-state index contributed by atoms with van der Waals surface area (Å²) in [6, 6.07) is 2.81. The fraction of sp³-hybridized carbons (Fsp3) is 0.684. The van der Waals surface area contributed by atoms with E-state index in [0.717, 1.165) is 87.9 Å². The molecular weight excluding hydrogens is 398 g/mol. The topological polar surface area (TPSA) is 65.0 Å². The first-order valence-electron chi connectivity index (χ1n) is 10.1. The number of aliphatic hydroxyl groups is 1. The molecule has 9 heteroatoms. The zero-order chi connectivity index (χ0) is 19.1. The predicted molar refractivity (Wildman–Crippen MR) is 111 cm³/mol. The highest BCUT2D eigenvalue weighted by atomic mass is 35.5. The van der Waals surface area contributed by atoms with E-state index < -0.39 is 0 Å². The maximum absolute atomic E-state index is 9.68. The molecule has 0 amide bonds. The van der Waals surface area contributed by atoms with Gasteiger partial charge in [-0.05, 0) is 30.5 Å². The van der Waals surface area contributed by atoms with Gasteiger partial charge in [0, 0.05) is 56.7 Å². The van der Waals surface area contributed by atoms with Crippen molar-refractivity contribution in [2.75, 3.05) is 57.4 Å². The number of thiophene rings is 1. The molecular formula is C19H26ClN5O2S. The number of hydrogen-bond donors (Lipinski definition) is 1. The summed E-state index contributed by atoms with van der Waals surface area (Å²) in [6.45, 7) is 8.35. The van der Waals surface area contributed by atoms with Crippen LogP contribution in [0.25, 0.3) is 10.2 Å². The van der Waals surface area contributed by atoms with Crippen LogP contribution in [-0.2, 0) is 11.3 Å². The van der Waals surface area contributed by atoms with Gasteiger partial charge in [0.15, 0.2) is 5.82 Å². The molecule has 0 aromatic carbocycles. The molecule has 0 aliphatic carbocycles. The van der Waals surface area contributed by atoms with Crippen molar-refractivity contribution in [2.24, 2.45) is 0 Å². The summed E-state index contributed by atoms with van der Waals surface area (Å²) in [4.78, 5) is 17.6. The van der Waals surface area contributed by atoms with Crippen LogP contribution in [0.15, 0.2) is 6.07 Å². The lowest BCUT2D eigenvalue weighted by Gasteiger charge is -2.47. The summed E-state index contributed by atoms with van der Waals surface area (Å²) >= 11 is 7.99. The molecule has 3 fully saturated rings. The summed E-state index contributed by atoms with van der Waals surface area (Å²) in [5, 5.41) is 10.00. The normalized spacial score (nSPS) is 23.4. The Labute approximate surface area is 173 Å². The van der Waals surface area contributed by atoms with Gasteiger partial charge in [0.1, 0.15) is 0 Å². The van der Waals surface area contributed by atoms with Crippen molar-refractivity contribution in [3.63, 3.8) is 0 Å². The lowest BCUT2D eigenvalue weighted by atomic mass is 10.0. The number of anilines is 1. The number of nitrogens with zero attached hydrogens (tertiary/aromatic N) is 5. The highest BCUT2D eigenvalue weighted by Crippen LogP contribution is 2.34. The van der Waals surface area contributed by atoms with Crippen LogP contribution in [-0.4, -0.2) is 89.5 Å². The highest BCUT2D eigenvalue weighted by Gasteiger charge is 2.33. The SMILES string of the molecule is OC1CCN(C2CN(Cc3cc4nc(Cl)nc(N5CCOCC5)c4s3)C2)CC1. The molecule has 3 saturated heterocycles. The monoisotopic (exact) mass is 423 g/mol. The molecule has 2 aromatic heterocycles. The number of halogens is 1. The van der Waals surface area contributed by atoms with Gasteiger partial charge in [-0.15, -0.1) is 11.3 Å². The number of rotatable bonds is 4. The maximum Gasteiger partial charge on any atom is 0.224 e. The van der Waals surface area contributed by atoms with Crippen molar-refractivity contribution in [3.05, 3.63) is 16.2 Å². The minimum absolute atomic E-state index is 0.0976. The van der Waals surface area contributed by atoms with Crippen molar-refractivity contribution < 1.29 is 9.84 Å². The van der Waals surface area contributed by atoms with Gasteiger partial charge in [-0.2, -0.15) is 4.98 Å². The van der Waals surface area contributed by atoms with Crippen LogP contribution >= 0.6 is 22.9 Å². The van der Waals surface area contributed by atoms with Crippen LogP contribution < -0.4 is 4.90 Å². The van der Waals surface area contributed by atoms with E-state index in [1.165, 1.54) is 4.88 Å². The van der Waals surface area contributed by atoms with Gasteiger partial charge < -0.3 is 14.7 Å². The Morgan fingerprint density at radius 2 is 1.89 bits per heavy atom. The van der Waals surface area contributed by atoms with E-state index in [2.05, 4.69) is 30.7 Å². The second kappa shape index (κ2) is 8.01. The molecule has 3 aliphatic heterocycles. The summed E-state index contributed by atoms with van der Waals surface area (Å²) < 4.78 is 6.60. The summed E-state index contributed by atoms with van der Waals surface area (Å²) in [5.41, 5.74) is 0.948. The lowest BCUT2D eigenvalue weighted by molar-refractivity contribution is -0.00725. The Morgan fingerprint density at radius 1 is 1.14 bits per heavy atom. The quantitative estimate of drug-likeness (QED) is 0.752. The summed E-state index contributed by atoms with van der Waals surface area (Å²) in [7, 11) is 0. The van der Waals surface area contributed by atoms with Gasteiger partial charge in [-0.25, -0.2) is 4.98 Å². The first-order valence-corrected chi connectivity index (χ1v) is 11.3. The maximum atomic E-state index is 9.68. The third-order valence-corrected chi connectivity index (χ3v) is 7.29. The number of hydrogen-bond acceptors (Lipinski definition) is 8. The van der Waals surface area contributed by atoms with Gasteiger partial charge in [0.2, 0.25) is 5.28 Å². The van der Waals surface area contributed by atoms with E-state index in [-0.39, 0.29) is 6.10 Å². The van der Waals surface area contributed by atoms with Crippen molar-refractivity contribution in [1.29, 1.82) is 0 Å². The van der Waals surface area contributed by atoms with E-state index in [9.17, 15) is 5.11 Å². The van der Waals surface area contributed by atoms with E-state index >= 15 is 0 Å². The fourth-order valence-corrected chi connectivity index (χ4v) is 5.70. The predicted octanol–water partition coefficient (Wildman–Crippen LogP) is 1.82. The van der Waals surface area contributed by atoms with Gasteiger partial charge in [0.05, 0.1) is 29.5 Å². The third-order valence-electron chi connectivity index (χ3n) is 6.02. The van der Waals surface area contributed by atoms with Crippen molar-refractivity contribution in [2.45, 2.75) is 31.5 Å². The van der Waals surface area contributed by atoms with Gasteiger partial charge in [-0.1, -0.05) is 0 Å². The number of ether oxygens (including phenoxy) is 1. The minimum Gasteiger partial charge on any atom is -0.393 e. The van der Waals surface area contributed by atoms with Crippen LogP contribution in [0.5, 0.6) is 0 Å². The van der Waals surface area contributed by atoms with Crippen LogP contribution in [0, 0.1) is 0 Å². The Balaban J connectivity index is 1.26. The van der Waals surface area contributed by atoms with Crippen LogP contribution in [0.2, 0.25) is 5.28 Å². The lowest BCUT2D eigenvalue weighted by Crippen LogP contribution is -2.60. The van der Waals surface area contributed by atoms with E-state index in [1.807, 2.05) is 0 Å². The summed E-state index contributed by atoms with van der Waals surface area (Å²) in [6.07, 6.45) is 1.73. The second-order valence-corrected chi connectivity index (χ2v) is 9.43. The minimum atomic E-state index is -0.0976. The van der Waals surface area contributed by atoms with E-state index in [4.69, 9.17) is 16.3 Å². The third kappa shape index (κ3) is 3.86. The number of likely N-dealkylation sites (tertiary alicyclic amines) is 2. The molecule has 0 radical (unpaired) electrons. The number of aromatic nitrogens is 2. The molecule has 152 valence electrons. The zero-order valence-corrected chi connectivity index (χ0v) is 17.5. The number of morpholine rings is 1. The zero-order valence-electron chi connectivity index (χ0n) is 15.9. The molecule has 7 nitrogen and oxygen atoms in total. The van der Waals surface area contributed by atoms with Gasteiger partial charge in [0.25, 0.3) is 0 Å². The molecule has 5 rings (SSSR count). The van der Waals surface area contributed by atoms with Crippen LogP contribution in [0.4, 0.5) is 5.82 Å². The van der Waals surface area contributed by atoms with Crippen molar-refractivity contribution in [3.8, 4) is 0 Å². The van der Waals surface area contributed by atoms with E-state index in [1.54, 1.807) is 11.3 Å². The average molecular weight is 424 g/mol. The van der Waals surface area contributed by atoms with Crippen LogP contribution in [0.1, 0.15) is 17.7 Å². The molecule has 3 aliphatic rings. The Morgan fingerprint density at radius 3 is 2.64 bits per heavy atom. The standard InChI is InChI=1S/C19H26ClN5O2S/c20-19-21-16-9-15(28-17(16)18(22-19)25-5-7-27-8-6-25)12-23-10-13(11-23)24-3-1-14(26)2-4-24/h9,13-14,26H,1-8,10-12H2. The first kappa shape index (κ1) is 19.0. The largest absolute Gasteiger partial charge is 0.393 e. The number of fused-ring (bicyclic) bond motifs is 1. The van der Waals surface area contributed by atoms with Gasteiger partial charge in [-0.3, -0.25) is 9.80 Å². The number of aliphatic hydroxyl groups excluding tert-OH is 1. The molecule has 5 heterocycles. The molecule has 0 bridgehead atoms. The molecule has 2 aromatic rings. The Hall–Kier alpha value is -1.03. The molecule has 28 heavy (non-hydrogen) atoms. The Bertz CT molecular complexity index is 829. The first-order chi connectivity index (χ1) is 13.7. The number of piperidine rings is 1. The van der Waals surface area contributed by atoms with Crippen molar-refractivity contribution in [1.82, 2.24) is 19.8 Å². The second-order valence-electron chi connectivity index (χ2n) is 7.96. The average Bonchev–Trinajstić information content (AvgIpc) is 3.08. The smallest absolute Gasteiger partial charge is 0.224 e. The highest BCUT2D eigenvalue weighted by molar-refractivity contribution is 7.19. The van der Waals surface area contributed by atoms with Crippen LogP contribution in [0.3, 0.4) is 0 Å². The molecule has 0 saturated carbocycles. The van der Waals surface area contributed by atoms with E-state index in [0.29, 0.717) is 11.3 Å².